The van der Waals surface area contributed by atoms with Crippen LogP contribution >= 0.6 is 0 Å². The molecule has 0 aliphatic carbocycles. The number of pyridine rings is 1. The highest BCUT2D eigenvalue weighted by atomic mass is 32.2. The summed E-state index contributed by atoms with van der Waals surface area (Å²) in [5, 5.41) is 8.63. The molecule has 0 aliphatic heterocycles. The average Bonchev–Trinajstić information content (AvgIpc) is 2.35. The Morgan fingerprint density at radius 3 is 2.75 bits per heavy atom. The monoisotopic (exact) mass is 297 g/mol. The number of likely N-dealkylation sites (N-methyl/N-ethyl adjacent to an activating group) is 1. The van der Waals surface area contributed by atoms with Crippen LogP contribution in [-0.4, -0.2) is 56.7 Å². The fourth-order valence-electron chi connectivity index (χ4n) is 1.69. The van der Waals surface area contributed by atoms with Crippen molar-refractivity contribution in [3.05, 3.63) is 24.0 Å². The quantitative estimate of drug-likeness (QED) is 0.726. The van der Waals surface area contributed by atoms with Crippen molar-refractivity contribution in [1.82, 2.24) is 14.6 Å². The Morgan fingerprint density at radius 1 is 1.45 bits per heavy atom. The van der Waals surface area contributed by atoms with E-state index in [1.165, 1.54) is 18.5 Å². The first-order valence-electron chi connectivity index (χ1n) is 6.07. The summed E-state index contributed by atoms with van der Waals surface area (Å²) in [7, 11) is 0.123. The van der Waals surface area contributed by atoms with Gasteiger partial charge in [0.2, 0.25) is 10.0 Å². The number of hydrogen-bond acceptors (Lipinski definition) is 5. The molecule has 1 unspecified atom stereocenters. The summed E-state index contributed by atoms with van der Waals surface area (Å²) in [4.78, 5) is 5.82. The summed E-state index contributed by atoms with van der Waals surface area (Å²) >= 11 is 0. The number of nitrogens with zero attached hydrogens (tertiary/aromatic N) is 2. The Bertz CT molecular complexity index is 603. The van der Waals surface area contributed by atoms with Gasteiger partial charge in [-0.05, 0) is 27.1 Å². The highest BCUT2D eigenvalue weighted by Gasteiger charge is 2.18. The van der Waals surface area contributed by atoms with Crippen LogP contribution in [0.2, 0.25) is 0 Å². The third-order valence-electron chi connectivity index (χ3n) is 2.33. The van der Waals surface area contributed by atoms with Gasteiger partial charge in [-0.1, -0.05) is 11.8 Å². The third kappa shape index (κ3) is 5.27. The molecule has 110 valence electrons. The van der Waals surface area contributed by atoms with Gasteiger partial charge in [0.05, 0.1) is 0 Å². The number of rotatable bonds is 5. The number of aliphatic hydroxyl groups is 1. The smallest absolute Gasteiger partial charge is 0.242 e. The van der Waals surface area contributed by atoms with E-state index >= 15 is 0 Å². The molecule has 0 spiro atoms. The highest BCUT2D eigenvalue weighted by Crippen LogP contribution is 2.09. The number of sulfonamides is 1. The van der Waals surface area contributed by atoms with E-state index < -0.39 is 10.0 Å². The SMILES string of the molecule is CC(CN(C)C)NS(=O)(=O)c1cncc(C#CCO)c1. The van der Waals surface area contributed by atoms with Gasteiger partial charge in [0, 0.05) is 30.5 Å². The average molecular weight is 297 g/mol. The molecule has 1 aromatic rings. The summed E-state index contributed by atoms with van der Waals surface area (Å²) < 4.78 is 26.9. The predicted octanol–water partition coefficient (Wildman–Crippen LogP) is -0.346. The molecule has 0 radical (unpaired) electrons. The van der Waals surface area contributed by atoms with E-state index in [-0.39, 0.29) is 17.5 Å². The summed E-state index contributed by atoms with van der Waals surface area (Å²) in [6.45, 7) is 2.10. The van der Waals surface area contributed by atoms with Gasteiger partial charge in [-0.15, -0.1) is 0 Å². The van der Waals surface area contributed by atoms with Crippen molar-refractivity contribution in [2.45, 2.75) is 17.9 Å². The lowest BCUT2D eigenvalue weighted by molar-refractivity contribution is 0.350. The summed E-state index contributed by atoms with van der Waals surface area (Å²) in [6.07, 6.45) is 2.72. The number of hydrogen-bond donors (Lipinski definition) is 2. The van der Waals surface area contributed by atoms with E-state index in [0.717, 1.165) is 0 Å². The summed E-state index contributed by atoms with van der Waals surface area (Å²) in [5.74, 6) is 5.08. The maximum atomic E-state index is 12.2. The van der Waals surface area contributed by atoms with Crippen LogP contribution in [0.5, 0.6) is 0 Å². The van der Waals surface area contributed by atoms with E-state index in [2.05, 4.69) is 21.5 Å². The molecule has 6 nitrogen and oxygen atoms in total. The lowest BCUT2D eigenvalue weighted by Crippen LogP contribution is -2.39. The minimum absolute atomic E-state index is 0.0628. The Kier molecular flexibility index (Phi) is 6.10. The first kappa shape index (κ1) is 16.6. The van der Waals surface area contributed by atoms with Crippen molar-refractivity contribution < 1.29 is 13.5 Å². The van der Waals surface area contributed by atoms with E-state index in [9.17, 15) is 8.42 Å². The molecule has 0 bridgehead atoms. The predicted molar refractivity (Wildman–Crippen MR) is 76.5 cm³/mol. The fraction of sp³-hybridized carbons (Fsp3) is 0.462. The van der Waals surface area contributed by atoms with E-state index in [1.807, 2.05) is 19.0 Å². The molecule has 20 heavy (non-hydrogen) atoms. The molecule has 0 aliphatic rings. The van der Waals surface area contributed by atoms with E-state index in [4.69, 9.17) is 5.11 Å². The van der Waals surface area contributed by atoms with Gasteiger partial charge < -0.3 is 10.0 Å². The zero-order valence-electron chi connectivity index (χ0n) is 11.8. The van der Waals surface area contributed by atoms with Crippen molar-refractivity contribution in [2.75, 3.05) is 27.2 Å². The normalized spacial score (nSPS) is 12.8. The summed E-state index contributed by atoms with van der Waals surface area (Å²) in [6, 6.07) is 1.21. The molecule has 0 fully saturated rings. The second-order valence-corrected chi connectivity index (χ2v) is 6.37. The number of aliphatic hydroxyl groups excluding tert-OH is 1. The standard InChI is InChI=1S/C13H19N3O3S/c1-11(10-16(2)3)15-20(18,19)13-7-12(5-4-6-17)8-14-9-13/h7-9,11,15,17H,6,10H2,1-3H3. The third-order valence-corrected chi connectivity index (χ3v) is 3.89. The molecule has 1 aromatic heterocycles. The summed E-state index contributed by atoms with van der Waals surface area (Å²) in [5.41, 5.74) is 0.446. The van der Waals surface area contributed by atoms with Crippen LogP contribution in [0.25, 0.3) is 0 Å². The fourth-order valence-corrected chi connectivity index (χ4v) is 2.92. The van der Waals surface area contributed by atoms with Crippen LogP contribution in [-0.2, 0) is 10.0 Å². The zero-order chi connectivity index (χ0) is 15.2. The van der Waals surface area contributed by atoms with Gasteiger partial charge in [-0.3, -0.25) is 4.98 Å². The zero-order valence-corrected chi connectivity index (χ0v) is 12.6. The van der Waals surface area contributed by atoms with Crippen LogP contribution in [0, 0.1) is 11.8 Å². The van der Waals surface area contributed by atoms with Gasteiger partial charge >= 0.3 is 0 Å². The molecule has 1 heterocycles. The van der Waals surface area contributed by atoms with Crippen molar-refractivity contribution in [3.8, 4) is 11.8 Å². The minimum Gasteiger partial charge on any atom is -0.384 e. The molecule has 1 rings (SSSR count). The van der Waals surface area contributed by atoms with Crippen molar-refractivity contribution in [2.24, 2.45) is 0 Å². The van der Waals surface area contributed by atoms with Crippen LogP contribution in [0.4, 0.5) is 0 Å². The Balaban J connectivity index is 2.92. The maximum Gasteiger partial charge on any atom is 0.242 e. The molecule has 0 saturated heterocycles. The first-order chi connectivity index (χ1) is 9.35. The largest absolute Gasteiger partial charge is 0.384 e. The highest BCUT2D eigenvalue weighted by molar-refractivity contribution is 7.89. The maximum absolute atomic E-state index is 12.2. The van der Waals surface area contributed by atoms with Crippen LogP contribution in [0.1, 0.15) is 12.5 Å². The first-order valence-corrected chi connectivity index (χ1v) is 7.55. The molecule has 7 heteroatoms. The number of nitrogens with one attached hydrogen (secondary N) is 1. The van der Waals surface area contributed by atoms with Crippen LogP contribution < -0.4 is 4.72 Å². The molecule has 1 atom stereocenters. The van der Waals surface area contributed by atoms with Gasteiger partial charge in [0.1, 0.15) is 11.5 Å². The van der Waals surface area contributed by atoms with Crippen LogP contribution in [0.3, 0.4) is 0 Å². The Morgan fingerprint density at radius 2 is 2.15 bits per heavy atom. The van der Waals surface area contributed by atoms with Gasteiger partial charge in [0.25, 0.3) is 0 Å². The van der Waals surface area contributed by atoms with Gasteiger partial charge in [-0.25, -0.2) is 13.1 Å². The van der Waals surface area contributed by atoms with E-state index in [0.29, 0.717) is 12.1 Å². The van der Waals surface area contributed by atoms with Crippen LogP contribution in [0.15, 0.2) is 23.4 Å². The molecule has 0 amide bonds. The molecule has 0 saturated carbocycles. The lowest BCUT2D eigenvalue weighted by atomic mass is 10.3. The molecular formula is C13H19N3O3S. The Hall–Kier alpha value is -1.46. The van der Waals surface area contributed by atoms with Crippen molar-refractivity contribution in [3.63, 3.8) is 0 Å². The topological polar surface area (TPSA) is 82.5 Å². The molecular weight excluding hydrogens is 278 g/mol. The second-order valence-electron chi connectivity index (χ2n) is 4.65. The van der Waals surface area contributed by atoms with Crippen molar-refractivity contribution in [1.29, 1.82) is 0 Å². The Labute approximate surface area is 119 Å². The van der Waals surface area contributed by atoms with Gasteiger partial charge in [-0.2, -0.15) is 0 Å². The van der Waals surface area contributed by atoms with Crippen molar-refractivity contribution >= 4 is 10.0 Å². The number of aromatic nitrogens is 1. The minimum atomic E-state index is -3.62. The van der Waals surface area contributed by atoms with E-state index in [1.54, 1.807) is 6.92 Å². The molecule has 2 N–H and O–H groups in total. The molecule has 0 aromatic carbocycles. The second kappa shape index (κ2) is 7.36. The van der Waals surface area contributed by atoms with Gasteiger partial charge in [0.15, 0.2) is 0 Å². The lowest BCUT2D eigenvalue weighted by Gasteiger charge is -2.18.